The number of nitrogens with one attached hydrogen (secondary N) is 1. The molecule has 0 unspecified atom stereocenters. The van der Waals surface area contributed by atoms with Gasteiger partial charge in [0.25, 0.3) is 0 Å². The number of rotatable bonds is 6. The lowest BCUT2D eigenvalue weighted by Gasteiger charge is -2.06. The average molecular weight is 317 g/mol. The van der Waals surface area contributed by atoms with E-state index in [1.54, 1.807) is 0 Å². The maximum Gasteiger partial charge on any atom is 0.228 e. The Morgan fingerprint density at radius 2 is 1.54 bits per heavy atom. The molecule has 24 heavy (non-hydrogen) atoms. The van der Waals surface area contributed by atoms with Gasteiger partial charge in [0.2, 0.25) is 11.9 Å². The highest BCUT2D eigenvalue weighted by Gasteiger charge is 2.02. The molecule has 0 radical (unpaired) electrons. The lowest BCUT2D eigenvalue weighted by Crippen LogP contribution is -2.11. The van der Waals surface area contributed by atoms with Crippen molar-refractivity contribution in [3.63, 3.8) is 0 Å². The highest BCUT2D eigenvalue weighted by molar-refractivity contribution is 5.67. The standard InChI is InChI=1S/C19H19N5/c20-18-22-17(12-11-15-7-3-1-4-8-15)23-19(24-18)21-14-13-16-9-5-2-6-10-16/h1-12H,13-14H2,(H3,20,21,22,23,24)/b12-11-. The first-order valence-electron chi connectivity index (χ1n) is 7.82. The van der Waals surface area contributed by atoms with E-state index in [9.17, 15) is 0 Å². The van der Waals surface area contributed by atoms with Crippen molar-refractivity contribution < 1.29 is 0 Å². The molecule has 0 spiro atoms. The maximum atomic E-state index is 5.78. The van der Waals surface area contributed by atoms with Crippen LogP contribution in [-0.2, 0) is 6.42 Å². The molecule has 5 nitrogen and oxygen atoms in total. The van der Waals surface area contributed by atoms with Crippen molar-refractivity contribution >= 4 is 24.0 Å². The Balaban J connectivity index is 1.64. The fourth-order valence-electron chi connectivity index (χ4n) is 2.26. The van der Waals surface area contributed by atoms with Crippen molar-refractivity contribution in [1.82, 2.24) is 15.0 Å². The highest BCUT2D eigenvalue weighted by atomic mass is 15.2. The number of nitrogen functional groups attached to an aromatic ring is 1. The fourth-order valence-corrected chi connectivity index (χ4v) is 2.26. The van der Waals surface area contributed by atoms with Crippen LogP contribution in [0.4, 0.5) is 11.9 Å². The molecule has 0 saturated heterocycles. The summed E-state index contributed by atoms with van der Waals surface area (Å²) in [6, 6.07) is 20.2. The minimum absolute atomic E-state index is 0.208. The predicted molar refractivity (Wildman–Crippen MR) is 98.2 cm³/mol. The number of anilines is 2. The second-order valence-electron chi connectivity index (χ2n) is 5.28. The van der Waals surface area contributed by atoms with E-state index in [-0.39, 0.29) is 5.95 Å². The number of hydrogen-bond acceptors (Lipinski definition) is 5. The van der Waals surface area contributed by atoms with E-state index in [0.717, 1.165) is 18.5 Å². The molecule has 0 aliphatic heterocycles. The molecule has 3 N–H and O–H groups in total. The third-order valence-corrected chi connectivity index (χ3v) is 3.43. The number of hydrogen-bond donors (Lipinski definition) is 2. The van der Waals surface area contributed by atoms with E-state index in [1.165, 1.54) is 5.56 Å². The van der Waals surface area contributed by atoms with Gasteiger partial charge in [-0.15, -0.1) is 0 Å². The topological polar surface area (TPSA) is 76.7 Å². The van der Waals surface area contributed by atoms with Gasteiger partial charge in [0, 0.05) is 6.54 Å². The van der Waals surface area contributed by atoms with E-state index in [4.69, 9.17) is 5.73 Å². The highest BCUT2D eigenvalue weighted by Crippen LogP contribution is 2.08. The van der Waals surface area contributed by atoms with Gasteiger partial charge in [-0.05, 0) is 23.6 Å². The van der Waals surface area contributed by atoms with Crippen LogP contribution in [0.3, 0.4) is 0 Å². The van der Waals surface area contributed by atoms with Crippen LogP contribution in [0.2, 0.25) is 0 Å². The van der Waals surface area contributed by atoms with E-state index < -0.39 is 0 Å². The summed E-state index contributed by atoms with van der Waals surface area (Å²) in [5, 5.41) is 3.20. The summed E-state index contributed by atoms with van der Waals surface area (Å²) in [5.41, 5.74) is 8.11. The average Bonchev–Trinajstić information content (AvgIpc) is 2.61. The number of nitrogens with two attached hydrogens (primary N) is 1. The first kappa shape index (κ1) is 15.7. The summed E-state index contributed by atoms with van der Waals surface area (Å²) in [6.07, 6.45) is 4.67. The van der Waals surface area contributed by atoms with Gasteiger partial charge in [-0.2, -0.15) is 15.0 Å². The lowest BCUT2D eigenvalue weighted by atomic mass is 10.1. The largest absolute Gasteiger partial charge is 0.368 e. The van der Waals surface area contributed by atoms with Gasteiger partial charge in [0.1, 0.15) is 0 Å². The normalized spacial score (nSPS) is 10.8. The van der Waals surface area contributed by atoms with Crippen LogP contribution in [-0.4, -0.2) is 21.5 Å². The van der Waals surface area contributed by atoms with Crippen molar-refractivity contribution in [1.29, 1.82) is 0 Å². The molecule has 0 fully saturated rings. The third-order valence-electron chi connectivity index (χ3n) is 3.43. The van der Waals surface area contributed by atoms with E-state index in [0.29, 0.717) is 11.8 Å². The summed E-state index contributed by atoms with van der Waals surface area (Å²) in [7, 11) is 0. The number of benzene rings is 2. The Bertz CT molecular complexity index is 801. The zero-order chi connectivity index (χ0) is 16.6. The number of nitrogens with zero attached hydrogens (tertiary/aromatic N) is 3. The molecular weight excluding hydrogens is 298 g/mol. The van der Waals surface area contributed by atoms with Crippen molar-refractivity contribution in [2.45, 2.75) is 6.42 Å². The van der Waals surface area contributed by atoms with Gasteiger partial charge >= 0.3 is 0 Å². The van der Waals surface area contributed by atoms with E-state index in [2.05, 4.69) is 32.4 Å². The minimum atomic E-state index is 0.208. The first-order valence-corrected chi connectivity index (χ1v) is 7.82. The molecule has 1 aromatic heterocycles. The Kier molecular flexibility index (Phi) is 5.14. The van der Waals surface area contributed by atoms with Crippen LogP contribution in [0.1, 0.15) is 17.0 Å². The second kappa shape index (κ2) is 7.87. The summed E-state index contributed by atoms with van der Waals surface area (Å²) in [4.78, 5) is 12.7. The van der Waals surface area contributed by atoms with Crippen molar-refractivity contribution in [3.05, 3.63) is 77.6 Å². The first-order chi connectivity index (χ1) is 11.8. The lowest BCUT2D eigenvalue weighted by molar-refractivity contribution is 0.962. The van der Waals surface area contributed by atoms with Crippen molar-refractivity contribution in [3.8, 4) is 0 Å². The molecule has 3 rings (SSSR count). The second-order valence-corrected chi connectivity index (χ2v) is 5.28. The van der Waals surface area contributed by atoms with Gasteiger partial charge < -0.3 is 11.1 Å². The molecule has 0 saturated carbocycles. The zero-order valence-electron chi connectivity index (χ0n) is 13.3. The zero-order valence-corrected chi connectivity index (χ0v) is 13.3. The SMILES string of the molecule is Nc1nc(/C=C\c2ccccc2)nc(NCCc2ccccc2)n1. The Morgan fingerprint density at radius 1 is 0.833 bits per heavy atom. The summed E-state index contributed by atoms with van der Waals surface area (Å²) in [6.45, 7) is 0.731. The van der Waals surface area contributed by atoms with Crippen LogP contribution in [0.25, 0.3) is 12.2 Å². The summed E-state index contributed by atoms with van der Waals surface area (Å²) in [5.74, 6) is 1.24. The number of aromatic nitrogens is 3. The molecule has 0 aliphatic rings. The minimum Gasteiger partial charge on any atom is -0.368 e. The predicted octanol–water partition coefficient (Wildman–Crippen LogP) is 3.28. The molecule has 2 aromatic carbocycles. The Morgan fingerprint density at radius 3 is 2.29 bits per heavy atom. The van der Waals surface area contributed by atoms with E-state index >= 15 is 0 Å². The molecule has 120 valence electrons. The molecule has 0 amide bonds. The molecule has 0 bridgehead atoms. The summed E-state index contributed by atoms with van der Waals surface area (Å²) < 4.78 is 0. The van der Waals surface area contributed by atoms with Gasteiger partial charge in [-0.1, -0.05) is 66.7 Å². The molecular formula is C19H19N5. The fraction of sp³-hybridized carbons (Fsp3) is 0.105. The quantitative estimate of drug-likeness (QED) is 0.729. The Labute approximate surface area is 141 Å². The van der Waals surface area contributed by atoms with Gasteiger partial charge in [-0.25, -0.2) is 0 Å². The molecule has 1 heterocycles. The van der Waals surface area contributed by atoms with Crippen LogP contribution < -0.4 is 11.1 Å². The molecule has 0 atom stereocenters. The molecule has 0 aliphatic carbocycles. The molecule has 3 aromatic rings. The summed E-state index contributed by atoms with van der Waals surface area (Å²) >= 11 is 0. The monoisotopic (exact) mass is 317 g/mol. The van der Waals surface area contributed by atoms with Gasteiger partial charge in [-0.3, -0.25) is 0 Å². The van der Waals surface area contributed by atoms with Gasteiger partial charge in [0.05, 0.1) is 0 Å². The van der Waals surface area contributed by atoms with Crippen LogP contribution in [0, 0.1) is 0 Å². The van der Waals surface area contributed by atoms with Crippen LogP contribution in [0.5, 0.6) is 0 Å². The van der Waals surface area contributed by atoms with Crippen LogP contribution >= 0.6 is 0 Å². The third kappa shape index (κ3) is 4.64. The van der Waals surface area contributed by atoms with Crippen LogP contribution in [0.15, 0.2) is 60.7 Å². The van der Waals surface area contributed by atoms with E-state index in [1.807, 2.05) is 60.7 Å². The van der Waals surface area contributed by atoms with Crippen molar-refractivity contribution in [2.75, 3.05) is 17.6 Å². The molecule has 5 heteroatoms. The maximum absolute atomic E-state index is 5.78. The Hall–Kier alpha value is -3.21. The smallest absolute Gasteiger partial charge is 0.228 e. The van der Waals surface area contributed by atoms with Crippen molar-refractivity contribution in [2.24, 2.45) is 0 Å². The van der Waals surface area contributed by atoms with Gasteiger partial charge in [0.15, 0.2) is 5.82 Å².